The number of benzene rings is 1. The molecule has 3 rings (SSSR count). The van der Waals surface area contributed by atoms with Gasteiger partial charge in [-0.15, -0.1) is 0 Å². The molecular formula is C12H6BrClN4OS. The van der Waals surface area contributed by atoms with Gasteiger partial charge in [-0.25, -0.2) is 4.98 Å². The molecule has 2 aromatic heterocycles. The summed E-state index contributed by atoms with van der Waals surface area (Å²) >= 11 is 10.4. The van der Waals surface area contributed by atoms with E-state index in [4.69, 9.17) is 11.6 Å². The second-order valence-corrected chi connectivity index (χ2v) is 5.60. The third-order valence-corrected chi connectivity index (χ3v) is 3.86. The fourth-order valence-corrected chi connectivity index (χ4v) is 2.74. The predicted octanol–water partition coefficient (Wildman–Crippen LogP) is 3.75. The minimum Gasteiger partial charge on any atom is -0.317 e. The maximum Gasteiger partial charge on any atom is 0.274 e. The van der Waals surface area contributed by atoms with Crippen molar-refractivity contribution in [2.24, 2.45) is 0 Å². The van der Waals surface area contributed by atoms with E-state index in [2.05, 4.69) is 35.0 Å². The van der Waals surface area contributed by atoms with Crippen LogP contribution in [0.5, 0.6) is 0 Å². The normalized spacial score (nSPS) is 10.7. The van der Waals surface area contributed by atoms with Crippen LogP contribution in [0.2, 0.25) is 5.02 Å². The zero-order valence-electron chi connectivity index (χ0n) is 9.80. The number of hydrogen-bond acceptors (Lipinski definition) is 5. The topological polar surface area (TPSA) is 67.8 Å². The molecule has 0 aliphatic rings. The van der Waals surface area contributed by atoms with Gasteiger partial charge in [0, 0.05) is 0 Å². The maximum atomic E-state index is 12.2. The monoisotopic (exact) mass is 368 g/mol. The van der Waals surface area contributed by atoms with E-state index in [1.54, 1.807) is 30.3 Å². The first-order chi connectivity index (χ1) is 9.65. The highest BCUT2D eigenvalue weighted by atomic mass is 79.9. The summed E-state index contributed by atoms with van der Waals surface area (Å²) in [5.74, 6) is -0.353. The first-order valence-corrected chi connectivity index (χ1v) is 7.40. The van der Waals surface area contributed by atoms with Gasteiger partial charge in [-0.05, 0) is 40.2 Å². The molecule has 0 saturated carbocycles. The summed E-state index contributed by atoms with van der Waals surface area (Å²) in [6.07, 6.45) is 0. The molecule has 5 nitrogen and oxygen atoms in total. The summed E-state index contributed by atoms with van der Waals surface area (Å²) in [4.78, 5) is 16.3. The van der Waals surface area contributed by atoms with Gasteiger partial charge in [-0.1, -0.05) is 17.7 Å². The van der Waals surface area contributed by atoms with Gasteiger partial charge in [0.15, 0.2) is 0 Å². The Hall–Kier alpha value is -1.57. The fourth-order valence-electron chi connectivity index (χ4n) is 1.66. The number of pyridine rings is 1. The Morgan fingerprint density at radius 3 is 2.90 bits per heavy atom. The lowest BCUT2D eigenvalue weighted by molar-refractivity contribution is 0.102. The number of fused-ring (bicyclic) bond motifs is 1. The van der Waals surface area contributed by atoms with Gasteiger partial charge in [-0.2, -0.15) is 8.75 Å². The second kappa shape index (κ2) is 5.43. The number of anilines is 1. The van der Waals surface area contributed by atoms with Crippen LogP contribution in [0, 0.1) is 0 Å². The van der Waals surface area contributed by atoms with Crippen molar-refractivity contribution in [3.8, 4) is 0 Å². The smallest absolute Gasteiger partial charge is 0.274 e. The molecule has 0 radical (unpaired) electrons. The van der Waals surface area contributed by atoms with Crippen LogP contribution >= 0.6 is 39.3 Å². The van der Waals surface area contributed by atoms with Gasteiger partial charge < -0.3 is 5.32 Å². The largest absolute Gasteiger partial charge is 0.317 e. The Bertz CT molecular complexity index is 807. The van der Waals surface area contributed by atoms with E-state index in [0.717, 1.165) is 11.7 Å². The van der Waals surface area contributed by atoms with Gasteiger partial charge >= 0.3 is 0 Å². The van der Waals surface area contributed by atoms with Gasteiger partial charge in [0.2, 0.25) is 0 Å². The van der Waals surface area contributed by atoms with E-state index in [-0.39, 0.29) is 11.6 Å². The third-order valence-electron chi connectivity index (χ3n) is 2.56. The van der Waals surface area contributed by atoms with Gasteiger partial charge in [0.05, 0.1) is 22.4 Å². The number of carbonyl (C=O) groups excluding carboxylic acids is 1. The average molecular weight is 370 g/mol. The van der Waals surface area contributed by atoms with Crippen molar-refractivity contribution in [3.05, 3.63) is 45.7 Å². The predicted molar refractivity (Wildman–Crippen MR) is 82.3 cm³/mol. The molecule has 0 unspecified atom stereocenters. The average Bonchev–Trinajstić information content (AvgIpc) is 2.90. The van der Waals surface area contributed by atoms with E-state index in [1.165, 1.54) is 0 Å². The van der Waals surface area contributed by atoms with E-state index in [0.29, 0.717) is 26.3 Å². The van der Waals surface area contributed by atoms with E-state index >= 15 is 0 Å². The first kappa shape index (κ1) is 13.4. The highest BCUT2D eigenvalue weighted by molar-refractivity contribution is 9.10. The summed E-state index contributed by atoms with van der Waals surface area (Å²) in [7, 11) is 0. The molecule has 0 atom stereocenters. The molecule has 0 aliphatic carbocycles. The van der Waals surface area contributed by atoms with Crippen molar-refractivity contribution in [1.82, 2.24) is 13.7 Å². The van der Waals surface area contributed by atoms with Crippen LogP contribution in [-0.2, 0) is 0 Å². The zero-order chi connectivity index (χ0) is 14.1. The molecule has 0 saturated heterocycles. The minimum atomic E-state index is -0.353. The number of aromatic nitrogens is 3. The number of halogens is 2. The third kappa shape index (κ3) is 2.52. The fraction of sp³-hybridized carbons (Fsp3) is 0. The van der Waals surface area contributed by atoms with Crippen molar-refractivity contribution in [2.45, 2.75) is 0 Å². The Morgan fingerprint density at radius 2 is 2.10 bits per heavy atom. The SMILES string of the molecule is O=C(Nc1c(Cl)ccc2nsnc12)c1cccc(Br)n1. The van der Waals surface area contributed by atoms with Crippen LogP contribution in [0.25, 0.3) is 11.0 Å². The van der Waals surface area contributed by atoms with Gasteiger partial charge in [0.1, 0.15) is 21.3 Å². The van der Waals surface area contributed by atoms with Crippen molar-refractivity contribution in [3.63, 3.8) is 0 Å². The van der Waals surface area contributed by atoms with Crippen molar-refractivity contribution < 1.29 is 4.79 Å². The Kier molecular flexibility index (Phi) is 3.64. The maximum absolute atomic E-state index is 12.2. The molecule has 0 bridgehead atoms. The van der Waals surface area contributed by atoms with Crippen LogP contribution in [0.15, 0.2) is 34.9 Å². The van der Waals surface area contributed by atoms with Crippen LogP contribution in [0.1, 0.15) is 10.5 Å². The summed E-state index contributed by atoms with van der Waals surface area (Å²) < 4.78 is 8.85. The highest BCUT2D eigenvalue weighted by Gasteiger charge is 2.15. The molecule has 0 fully saturated rings. The summed E-state index contributed by atoms with van der Waals surface area (Å²) in [6, 6.07) is 8.53. The Labute approximate surface area is 131 Å². The van der Waals surface area contributed by atoms with Gasteiger partial charge in [-0.3, -0.25) is 4.79 Å². The Balaban J connectivity index is 1.99. The number of hydrogen-bond donors (Lipinski definition) is 1. The van der Waals surface area contributed by atoms with Crippen LogP contribution in [0.3, 0.4) is 0 Å². The summed E-state index contributed by atoms with van der Waals surface area (Å²) in [5, 5.41) is 3.14. The summed E-state index contributed by atoms with van der Waals surface area (Å²) in [6.45, 7) is 0. The lowest BCUT2D eigenvalue weighted by Crippen LogP contribution is -2.14. The van der Waals surface area contributed by atoms with Crippen LogP contribution < -0.4 is 5.32 Å². The van der Waals surface area contributed by atoms with E-state index in [1.807, 2.05) is 0 Å². The van der Waals surface area contributed by atoms with Gasteiger partial charge in [0.25, 0.3) is 5.91 Å². The molecule has 0 spiro atoms. The quantitative estimate of drug-likeness (QED) is 0.699. The van der Waals surface area contributed by atoms with Crippen molar-refractivity contribution >= 4 is 61.9 Å². The Morgan fingerprint density at radius 1 is 1.25 bits per heavy atom. The van der Waals surface area contributed by atoms with Crippen LogP contribution in [-0.4, -0.2) is 19.6 Å². The van der Waals surface area contributed by atoms with Crippen molar-refractivity contribution in [2.75, 3.05) is 5.32 Å². The summed E-state index contributed by atoms with van der Waals surface area (Å²) in [5.41, 5.74) is 2.00. The first-order valence-electron chi connectivity index (χ1n) is 5.50. The molecule has 1 aromatic carbocycles. The van der Waals surface area contributed by atoms with Crippen LogP contribution in [0.4, 0.5) is 5.69 Å². The second-order valence-electron chi connectivity index (χ2n) is 3.85. The zero-order valence-corrected chi connectivity index (χ0v) is 13.0. The lowest BCUT2D eigenvalue weighted by atomic mass is 10.2. The van der Waals surface area contributed by atoms with Crippen molar-refractivity contribution in [1.29, 1.82) is 0 Å². The molecule has 100 valence electrons. The molecule has 1 amide bonds. The molecule has 1 N–H and O–H groups in total. The molecule has 0 aliphatic heterocycles. The standard InChI is InChI=1S/C12H6BrClN4OS/c13-9-3-1-2-8(15-9)12(19)16-10-6(14)4-5-7-11(10)18-20-17-7/h1-5H,(H,16,19). The highest BCUT2D eigenvalue weighted by Crippen LogP contribution is 2.30. The number of nitrogens with zero attached hydrogens (tertiary/aromatic N) is 3. The number of carbonyl (C=O) groups is 1. The van der Waals surface area contributed by atoms with E-state index < -0.39 is 0 Å². The molecular weight excluding hydrogens is 364 g/mol. The molecule has 2 heterocycles. The number of rotatable bonds is 2. The lowest BCUT2D eigenvalue weighted by Gasteiger charge is -2.07. The molecule has 3 aromatic rings. The molecule has 8 heteroatoms. The molecule has 20 heavy (non-hydrogen) atoms. The minimum absolute atomic E-state index is 0.288. The van der Waals surface area contributed by atoms with E-state index in [9.17, 15) is 4.79 Å². The number of nitrogens with one attached hydrogen (secondary N) is 1. The number of amides is 1.